The molecule has 19 heavy (non-hydrogen) atoms. The minimum atomic E-state index is -3.70. The molecule has 0 bridgehead atoms. The van der Waals surface area contributed by atoms with E-state index in [0.29, 0.717) is 12.2 Å². The largest absolute Gasteiger partial charge is 0.384 e. The molecular formula is C10H17N3O4S2. The lowest BCUT2D eigenvalue weighted by molar-refractivity contribution is 0.584. The summed E-state index contributed by atoms with van der Waals surface area (Å²) in [5.41, 5.74) is 0.624. The van der Waals surface area contributed by atoms with Crippen LogP contribution in [0.15, 0.2) is 29.2 Å². The third kappa shape index (κ3) is 5.55. The Morgan fingerprint density at radius 3 is 2.16 bits per heavy atom. The van der Waals surface area contributed by atoms with Gasteiger partial charge in [0, 0.05) is 18.8 Å². The van der Waals surface area contributed by atoms with E-state index in [-0.39, 0.29) is 17.2 Å². The van der Waals surface area contributed by atoms with Gasteiger partial charge in [0.05, 0.1) is 10.6 Å². The highest BCUT2D eigenvalue weighted by molar-refractivity contribution is 7.89. The minimum Gasteiger partial charge on any atom is -0.384 e. The van der Waals surface area contributed by atoms with E-state index in [1.807, 2.05) is 0 Å². The molecule has 0 aliphatic carbocycles. The van der Waals surface area contributed by atoms with Crippen LogP contribution in [0.4, 0.5) is 5.69 Å². The van der Waals surface area contributed by atoms with E-state index in [2.05, 4.69) is 10.0 Å². The fourth-order valence-electron chi connectivity index (χ4n) is 1.38. The normalized spacial score (nSPS) is 12.3. The number of nitrogens with two attached hydrogens (primary N) is 1. The second-order valence-electron chi connectivity index (χ2n) is 3.81. The number of rotatable bonds is 7. The summed E-state index contributed by atoms with van der Waals surface area (Å²) in [6.07, 6.45) is 0. The predicted octanol–water partition coefficient (Wildman–Crippen LogP) is -0.315. The number of hydrogen-bond acceptors (Lipinski definition) is 5. The molecule has 9 heteroatoms. The Kier molecular flexibility index (Phi) is 5.29. The Hall–Kier alpha value is -1.16. The van der Waals surface area contributed by atoms with Gasteiger partial charge in [-0.25, -0.2) is 26.7 Å². The van der Waals surface area contributed by atoms with Crippen molar-refractivity contribution in [2.24, 2.45) is 5.14 Å². The maximum absolute atomic E-state index is 11.4. The van der Waals surface area contributed by atoms with Gasteiger partial charge in [-0.15, -0.1) is 0 Å². The van der Waals surface area contributed by atoms with Crippen LogP contribution >= 0.6 is 0 Å². The molecule has 0 saturated heterocycles. The van der Waals surface area contributed by atoms with Crippen LogP contribution in [0.2, 0.25) is 0 Å². The third-order valence-electron chi connectivity index (χ3n) is 2.25. The van der Waals surface area contributed by atoms with Gasteiger partial charge >= 0.3 is 0 Å². The second kappa shape index (κ2) is 6.33. The van der Waals surface area contributed by atoms with Gasteiger partial charge < -0.3 is 5.32 Å². The maximum atomic E-state index is 11.4. The lowest BCUT2D eigenvalue weighted by atomic mass is 10.3. The molecule has 0 unspecified atom stereocenters. The molecule has 0 fully saturated rings. The number of sulfonamides is 2. The summed E-state index contributed by atoms with van der Waals surface area (Å²) in [6.45, 7) is 2.28. The van der Waals surface area contributed by atoms with Crippen molar-refractivity contribution in [1.82, 2.24) is 4.72 Å². The van der Waals surface area contributed by atoms with Crippen molar-refractivity contribution in [1.29, 1.82) is 0 Å². The molecule has 0 aliphatic heterocycles. The lowest BCUT2D eigenvalue weighted by Gasteiger charge is -2.08. The smallest absolute Gasteiger partial charge is 0.238 e. The first-order valence-corrected chi connectivity index (χ1v) is 8.78. The monoisotopic (exact) mass is 307 g/mol. The summed E-state index contributed by atoms with van der Waals surface area (Å²) in [5, 5.41) is 7.84. The zero-order chi connectivity index (χ0) is 14.5. The third-order valence-corrected chi connectivity index (χ3v) is 4.65. The van der Waals surface area contributed by atoms with Gasteiger partial charge in [0.25, 0.3) is 0 Å². The first-order chi connectivity index (χ1) is 8.74. The van der Waals surface area contributed by atoms with Gasteiger partial charge in [0.2, 0.25) is 20.0 Å². The first-order valence-electron chi connectivity index (χ1n) is 5.58. The van der Waals surface area contributed by atoms with Crippen molar-refractivity contribution >= 4 is 25.7 Å². The van der Waals surface area contributed by atoms with Crippen LogP contribution in [0, 0.1) is 0 Å². The summed E-state index contributed by atoms with van der Waals surface area (Å²) in [7, 11) is -6.97. The van der Waals surface area contributed by atoms with Gasteiger partial charge in [0.15, 0.2) is 0 Å². The Bertz CT molecular complexity index is 609. The van der Waals surface area contributed by atoms with Gasteiger partial charge in [-0.2, -0.15) is 0 Å². The SMILES string of the molecule is CCNS(=O)(=O)CCNc1ccc(S(N)(=O)=O)cc1. The Morgan fingerprint density at radius 2 is 1.68 bits per heavy atom. The molecule has 0 spiro atoms. The predicted molar refractivity (Wildman–Crippen MR) is 73.8 cm³/mol. The Morgan fingerprint density at radius 1 is 1.11 bits per heavy atom. The average molecular weight is 307 g/mol. The molecule has 0 aliphatic rings. The Balaban J connectivity index is 2.56. The van der Waals surface area contributed by atoms with Crippen LogP contribution in [0.1, 0.15) is 6.92 Å². The highest BCUT2D eigenvalue weighted by Crippen LogP contribution is 2.12. The molecule has 108 valence electrons. The van der Waals surface area contributed by atoms with Gasteiger partial charge in [-0.3, -0.25) is 0 Å². The summed E-state index contributed by atoms with van der Waals surface area (Å²) in [6, 6.07) is 5.77. The van der Waals surface area contributed by atoms with Crippen molar-refractivity contribution in [3.8, 4) is 0 Å². The molecule has 0 radical (unpaired) electrons. The molecule has 0 aromatic heterocycles. The van der Waals surface area contributed by atoms with E-state index in [9.17, 15) is 16.8 Å². The van der Waals surface area contributed by atoms with Crippen molar-refractivity contribution in [3.63, 3.8) is 0 Å². The Labute approximate surface area is 113 Å². The van der Waals surface area contributed by atoms with Gasteiger partial charge in [-0.1, -0.05) is 6.92 Å². The van der Waals surface area contributed by atoms with E-state index in [0.717, 1.165) is 0 Å². The summed E-state index contributed by atoms with van der Waals surface area (Å²) < 4.78 is 47.2. The van der Waals surface area contributed by atoms with Crippen molar-refractivity contribution in [2.75, 3.05) is 24.2 Å². The maximum Gasteiger partial charge on any atom is 0.238 e. The molecule has 0 atom stereocenters. The van der Waals surface area contributed by atoms with Crippen LogP contribution in [0.25, 0.3) is 0 Å². The number of anilines is 1. The van der Waals surface area contributed by atoms with Crippen LogP contribution in [-0.2, 0) is 20.0 Å². The highest BCUT2D eigenvalue weighted by atomic mass is 32.2. The summed E-state index contributed by atoms with van der Waals surface area (Å²) >= 11 is 0. The molecule has 1 aromatic rings. The molecule has 1 aromatic carbocycles. The zero-order valence-electron chi connectivity index (χ0n) is 10.5. The topological polar surface area (TPSA) is 118 Å². The molecule has 0 heterocycles. The van der Waals surface area contributed by atoms with Crippen LogP contribution in [-0.4, -0.2) is 35.7 Å². The molecule has 0 amide bonds. The van der Waals surface area contributed by atoms with Crippen molar-refractivity contribution < 1.29 is 16.8 Å². The van der Waals surface area contributed by atoms with E-state index < -0.39 is 20.0 Å². The fraction of sp³-hybridized carbons (Fsp3) is 0.400. The molecule has 7 nitrogen and oxygen atoms in total. The minimum absolute atomic E-state index is 0.0123. The van der Waals surface area contributed by atoms with E-state index in [1.165, 1.54) is 24.3 Å². The molecule has 4 N–H and O–H groups in total. The zero-order valence-corrected chi connectivity index (χ0v) is 12.1. The van der Waals surface area contributed by atoms with Crippen LogP contribution in [0.3, 0.4) is 0 Å². The number of nitrogens with one attached hydrogen (secondary N) is 2. The number of primary sulfonamides is 1. The van der Waals surface area contributed by atoms with E-state index >= 15 is 0 Å². The highest BCUT2D eigenvalue weighted by Gasteiger charge is 2.08. The number of benzene rings is 1. The van der Waals surface area contributed by atoms with Crippen LogP contribution in [0.5, 0.6) is 0 Å². The van der Waals surface area contributed by atoms with E-state index in [1.54, 1.807) is 6.92 Å². The molecule has 1 rings (SSSR count). The van der Waals surface area contributed by atoms with E-state index in [4.69, 9.17) is 5.14 Å². The fourth-order valence-corrected chi connectivity index (χ4v) is 2.85. The lowest BCUT2D eigenvalue weighted by Crippen LogP contribution is -2.29. The summed E-state index contributed by atoms with van der Waals surface area (Å²) in [5.74, 6) is -0.0578. The standard InChI is InChI=1S/C10H17N3O4S2/c1-2-13-18(14,15)8-7-12-9-3-5-10(6-4-9)19(11,16)17/h3-6,12-13H,2,7-8H2,1H3,(H2,11,16,17). The molecule has 0 saturated carbocycles. The van der Waals surface area contributed by atoms with Crippen molar-refractivity contribution in [3.05, 3.63) is 24.3 Å². The quantitative estimate of drug-likeness (QED) is 0.638. The first kappa shape index (κ1) is 15.9. The summed E-state index contributed by atoms with van der Waals surface area (Å²) in [4.78, 5) is 0.0123. The molecular weight excluding hydrogens is 290 g/mol. The average Bonchev–Trinajstić information content (AvgIpc) is 2.28. The van der Waals surface area contributed by atoms with Gasteiger partial charge in [0.1, 0.15) is 0 Å². The second-order valence-corrected chi connectivity index (χ2v) is 7.30. The van der Waals surface area contributed by atoms with Crippen molar-refractivity contribution in [2.45, 2.75) is 11.8 Å². The van der Waals surface area contributed by atoms with Crippen LogP contribution < -0.4 is 15.2 Å². The van der Waals surface area contributed by atoms with Gasteiger partial charge in [-0.05, 0) is 24.3 Å². The number of hydrogen-bond donors (Lipinski definition) is 3.